The topological polar surface area (TPSA) is 72.1 Å². The van der Waals surface area contributed by atoms with Crippen LogP contribution in [0.2, 0.25) is 0 Å². The normalized spacial score (nSPS) is 26.9. The summed E-state index contributed by atoms with van der Waals surface area (Å²) in [5, 5.41) is 7.12. The number of likely N-dealkylation sites (tertiary alicyclic amines) is 1. The van der Waals surface area contributed by atoms with Gasteiger partial charge in [-0.25, -0.2) is 4.79 Å². The molecule has 6 nitrogen and oxygen atoms in total. The molecule has 9 heteroatoms. The highest BCUT2D eigenvalue weighted by Crippen LogP contribution is 2.41. The molecule has 2 saturated heterocycles. The number of carboxylic acids is 1. The number of carbonyl (C=O) groups is 1. The molecular weight excluding hydrogens is 427 g/mol. The highest BCUT2D eigenvalue weighted by atomic mass is 19.4. The Hall–Kier alpha value is -1.58. The van der Waals surface area contributed by atoms with Gasteiger partial charge < -0.3 is 19.0 Å². The van der Waals surface area contributed by atoms with Crippen LogP contribution in [0.5, 0.6) is 0 Å². The molecule has 32 heavy (non-hydrogen) atoms. The van der Waals surface area contributed by atoms with Crippen LogP contribution in [0.3, 0.4) is 0 Å². The predicted molar refractivity (Wildman–Crippen MR) is 111 cm³/mol. The largest absolute Gasteiger partial charge is 0.490 e. The zero-order valence-electron chi connectivity index (χ0n) is 18.7. The summed E-state index contributed by atoms with van der Waals surface area (Å²) in [6.07, 6.45) is 4.30. The van der Waals surface area contributed by atoms with Crippen molar-refractivity contribution in [3.63, 3.8) is 0 Å². The standard InChI is InChI=1S/C21H33NO3.C2HF3O2/c1-17-7-8-19(25-17)13-22-11-9-20-21(15-22,10-4-12-24-20)16-23-14-18-5-2-3-6-18;3-2(4,5)1(6)7/h7-8,18,20H,2-6,9-16H2,1H3;(H,6,7). The van der Waals surface area contributed by atoms with Crippen molar-refractivity contribution >= 4 is 5.97 Å². The van der Waals surface area contributed by atoms with Crippen LogP contribution < -0.4 is 0 Å². The summed E-state index contributed by atoms with van der Waals surface area (Å²) in [7, 11) is 0. The minimum atomic E-state index is -5.08. The molecule has 1 N–H and O–H groups in total. The number of ether oxygens (including phenoxy) is 2. The summed E-state index contributed by atoms with van der Waals surface area (Å²) in [5.74, 6) is 0.118. The van der Waals surface area contributed by atoms with Crippen molar-refractivity contribution < 1.29 is 37.0 Å². The molecule has 0 bridgehead atoms. The van der Waals surface area contributed by atoms with Crippen molar-refractivity contribution in [2.75, 3.05) is 32.9 Å². The lowest BCUT2D eigenvalue weighted by Gasteiger charge is -2.50. The van der Waals surface area contributed by atoms with Crippen molar-refractivity contribution in [1.29, 1.82) is 0 Å². The second kappa shape index (κ2) is 11.0. The van der Waals surface area contributed by atoms with Gasteiger partial charge in [-0.05, 0) is 57.1 Å². The van der Waals surface area contributed by atoms with Crippen molar-refractivity contribution in [2.45, 2.75) is 70.7 Å². The number of hydrogen-bond acceptors (Lipinski definition) is 5. The highest BCUT2D eigenvalue weighted by Gasteiger charge is 2.46. The van der Waals surface area contributed by atoms with Gasteiger partial charge in [-0.2, -0.15) is 13.2 Å². The van der Waals surface area contributed by atoms with Crippen molar-refractivity contribution in [3.8, 4) is 0 Å². The third-order valence-corrected chi connectivity index (χ3v) is 6.70. The molecule has 182 valence electrons. The molecule has 1 aromatic rings. The van der Waals surface area contributed by atoms with Crippen LogP contribution in [0.1, 0.15) is 56.5 Å². The second-order valence-electron chi connectivity index (χ2n) is 9.31. The molecule has 3 aliphatic rings. The predicted octanol–water partition coefficient (Wildman–Crippen LogP) is 4.80. The fourth-order valence-corrected chi connectivity index (χ4v) is 5.12. The van der Waals surface area contributed by atoms with E-state index in [0.717, 1.165) is 69.7 Å². The van der Waals surface area contributed by atoms with Gasteiger partial charge in [0.1, 0.15) is 11.5 Å². The number of alkyl halides is 3. The van der Waals surface area contributed by atoms with Gasteiger partial charge in [-0.1, -0.05) is 12.8 Å². The van der Waals surface area contributed by atoms with Crippen LogP contribution >= 0.6 is 0 Å². The molecule has 2 atom stereocenters. The minimum Gasteiger partial charge on any atom is -0.475 e. The lowest BCUT2D eigenvalue weighted by molar-refractivity contribution is -0.192. The summed E-state index contributed by atoms with van der Waals surface area (Å²) in [6, 6.07) is 4.17. The van der Waals surface area contributed by atoms with Gasteiger partial charge in [0.05, 0.1) is 19.3 Å². The van der Waals surface area contributed by atoms with E-state index in [2.05, 4.69) is 17.0 Å². The molecule has 1 aliphatic carbocycles. The van der Waals surface area contributed by atoms with Crippen molar-refractivity contribution in [2.24, 2.45) is 11.3 Å². The number of piperidine rings is 1. The van der Waals surface area contributed by atoms with Crippen LogP contribution in [-0.2, 0) is 20.8 Å². The molecule has 2 aliphatic heterocycles. The molecule has 0 amide bonds. The Kier molecular flexibility index (Phi) is 8.63. The number of aryl methyl sites for hydroxylation is 1. The Balaban J connectivity index is 0.000000360. The molecule has 0 spiro atoms. The SMILES string of the molecule is Cc1ccc(CN2CCC3OCCCC3(COCC3CCCC3)C2)o1.O=C(O)C(F)(F)F. The maximum atomic E-state index is 10.6. The van der Waals surface area contributed by atoms with E-state index in [0.29, 0.717) is 6.10 Å². The number of nitrogens with zero attached hydrogens (tertiary/aromatic N) is 1. The second-order valence-corrected chi connectivity index (χ2v) is 9.31. The maximum absolute atomic E-state index is 10.6. The lowest BCUT2D eigenvalue weighted by atomic mass is 9.73. The first-order chi connectivity index (χ1) is 15.2. The fourth-order valence-electron chi connectivity index (χ4n) is 5.12. The monoisotopic (exact) mass is 461 g/mol. The lowest BCUT2D eigenvalue weighted by Crippen LogP contribution is -2.56. The number of rotatable bonds is 6. The molecule has 0 radical (unpaired) electrons. The first-order valence-corrected chi connectivity index (χ1v) is 11.4. The average Bonchev–Trinajstić information content (AvgIpc) is 3.39. The van der Waals surface area contributed by atoms with E-state index in [9.17, 15) is 13.2 Å². The Labute approximate surface area is 187 Å². The van der Waals surface area contributed by atoms with Crippen LogP contribution in [0.15, 0.2) is 16.5 Å². The van der Waals surface area contributed by atoms with E-state index in [1.54, 1.807) is 0 Å². The third kappa shape index (κ3) is 6.96. The summed E-state index contributed by atoms with van der Waals surface area (Å²) in [6.45, 7) is 7.82. The van der Waals surface area contributed by atoms with Crippen LogP contribution in [0, 0.1) is 18.3 Å². The maximum Gasteiger partial charge on any atom is 0.490 e. The zero-order chi connectivity index (χ0) is 23.2. The number of halogens is 3. The number of carboxylic acid groups (broad SMARTS) is 1. The molecule has 2 unspecified atom stereocenters. The van der Waals surface area contributed by atoms with E-state index in [1.165, 1.54) is 32.1 Å². The van der Waals surface area contributed by atoms with E-state index in [4.69, 9.17) is 23.8 Å². The fraction of sp³-hybridized carbons (Fsp3) is 0.783. The number of furan rings is 1. The number of hydrogen-bond donors (Lipinski definition) is 1. The van der Waals surface area contributed by atoms with E-state index < -0.39 is 12.1 Å². The van der Waals surface area contributed by atoms with E-state index in [1.807, 2.05) is 6.92 Å². The van der Waals surface area contributed by atoms with Crippen LogP contribution in [-0.4, -0.2) is 61.2 Å². The Morgan fingerprint density at radius 1 is 1.25 bits per heavy atom. The summed E-state index contributed by atoms with van der Waals surface area (Å²) in [4.78, 5) is 11.4. The molecule has 3 heterocycles. The highest BCUT2D eigenvalue weighted by molar-refractivity contribution is 5.73. The summed E-state index contributed by atoms with van der Waals surface area (Å²) < 4.78 is 50.0. The summed E-state index contributed by atoms with van der Waals surface area (Å²) in [5.41, 5.74) is 0.177. The first-order valence-electron chi connectivity index (χ1n) is 11.4. The first kappa shape index (κ1) is 25.1. The Bertz CT molecular complexity index is 731. The van der Waals surface area contributed by atoms with Crippen LogP contribution in [0.25, 0.3) is 0 Å². The average molecular weight is 462 g/mol. The molecule has 1 saturated carbocycles. The molecule has 0 aromatic carbocycles. The van der Waals surface area contributed by atoms with Gasteiger partial charge in [-0.15, -0.1) is 0 Å². The minimum absolute atomic E-state index is 0.177. The Morgan fingerprint density at radius 2 is 1.97 bits per heavy atom. The van der Waals surface area contributed by atoms with Crippen molar-refractivity contribution in [3.05, 3.63) is 23.7 Å². The Morgan fingerprint density at radius 3 is 2.59 bits per heavy atom. The van der Waals surface area contributed by atoms with Gasteiger partial charge in [0.15, 0.2) is 0 Å². The smallest absolute Gasteiger partial charge is 0.475 e. The molecule has 4 rings (SSSR count). The quantitative estimate of drug-likeness (QED) is 0.656. The van der Waals surface area contributed by atoms with Gasteiger partial charge in [0.25, 0.3) is 0 Å². The number of fused-ring (bicyclic) bond motifs is 1. The molecular formula is C23H34F3NO5. The summed E-state index contributed by atoms with van der Waals surface area (Å²) >= 11 is 0. The van der Waals surface area contributed by atoms with E-state index in [-0.39, 0.29) is 5.41 Å². The zero-order valence-corrected chi connectivity index (χ0v) is 18.7. The van der Waals surface area contributed by atoms with Gasteiger partial charge in [0.2, 0.25) is 0 Å². The van der Waals surface area contributed by atoms with E-state index >= 15 is 0 Å². The molecule has 3 fully saturated rings. The molecule has 1 aromatic heterocycles. The number of aliphatic carboxylic acids is 1. The van der Waals surface area contributed by atoms with Gasteiger partial charge >= 0.3 is 12.1 Å². The van der Waals surface area contributed by atoms with Gasteiger partial charge in [-0.3, -0.25) is 4.90 Å². The van der Waals surface area contributed by atoms with Gasteiger partial charge in [0, 0.05) is 31.7 Å². The van der Waals surface area contributed by atoms with Crippen LogP contribution in [0.4, 0.5) is 13.2 Å². The third-order valence-electron chi connectivity index (χ3n) is 6.70. The van der Waals surface area contributed by atoms with Crippen molar-refractivity contribution in [1.82, 2.24) is 4.90 Å².